The van der Waals surface area contributed by atoms with Crippen molar-refractivity contribution in [3.05, 3.63) is 17.7 Å². The molecule has 0 unspecified atom stereocenters. The maximum atomic E-state index is 12.5. The van der Waals surface area contributed by atoms with Gasteiger partial charge in [-0.05, 0) is 26.7 Å². The van der Waals surface area contributed by atoms with Gasteiger partial charge in [-0.25, -0.2) is 4.98 Å². The van der Waals surface area contributed by atoms with E-state index in [1.54, 1.807) is 0 Å². The minimum absolute atomic E-state index is 0.289. The summed E-state index contributed by atoms with van der Waals surface area (Å²) < 4.78 is 2.21. The number of hydrogen-bond acceptors (Lipinski definition) is 2. The summed E-state index contributed by atoms with van der Waals surface area (Å²) in [5.74, 6) is 0.664. The summed E-state index contributed by atoms with van der Waals surface area (Å²) in [6.07, 6.45) is 7.46. The summed E-state index contributed by atoms with van der Waals surface area (Å²) in [5.41, 5.74) is 2.43. The van der Waals surface area contributed by atoms with Gasteiger partial charge in [-0.2, -0.15) is 0 Å². The zero-order chi connectivity index (χ0) is 13.4. The second-order valence-corrected chi connectivity index (χ2v) is 6.13. The molecule has 4 heteroatoms. The molecule has 2 heterocycles. The Morgan fingerprint density at radius 1 is 1.37 bits per heavy atom. The minimum Gasteiger partial charge on any atom is -0.336 e. The van der Waals surface area contributed by atoms with Gasteiger partial charge < -0.3 is 9.47 Å². The van der Waals surface area contributed by atoms with Gasteiger partial charge >= 0.3 is 0 Å². The fraction of sp³-hybridized carbons (Fsp3) is 0.733. The molecule has 104 valence electrons. The first-order chi connectivity index (χ1) is 9.16. The molecule has 1 aromatic rings. The van der Waals surface area contributed by atoms with Gasteiger partial charge in [-0.1, -0.05) is 12.8 Å². The van der Waals surface area contributed by atoms with Crippen molar-refractivity contribution in [2.75, 3.05) is 6.54 Å². The fourth-order valence-electron chi connectivity index (χ4n) is 3.37. The van der Waals surface area contributed by atoms with Crippen molar-refractivity contribution in [2.24, 2.45) is 5.92 Å². The molecule has 1 amide bonds. The molecule has 0 aromatic carbocycles. The number of amides is 1. The Morgan fingerprint density at radius 2 is 2.11 bits per heavy atom. The predicted molar refractivity (Wildman–Crippen MR) is 73.7 cm³/mol. The van der Waals surface area contributed by atoms with Crippen molar-refractivity contribution >= 4 is 5.91 Å². The number of fused-ring (bicyclic) bond motifs is 1. The maximum Gasteiger partial charge on any atom is 0.226 e. The van der Waals surface area contributed by atoms with E-state index >= 15 is 0 Å². The smallest absolute Gasteiger partial charge is 0.226 e. The molecule has 0 saturated heterocycles. The van der Waals surface area contributed by atoms with Crippen LogP contribution in [0.2, 0.25) is 0 Å². The fourth-order valence-corrected chi connectivity index (χ4v) is 3.37. The zero-order valence-corrected chi connectivity index (χ0v) is 11.9. The SMILES string of the molecule is CC(C)n1cnc2c1CN(C(=O)C1CCCC1)CC2. The normalized spacial score (nSPS) is 20.1. The monoisotopic (exact) mass is 261 g/mol. The van der Waals surface area contributed by atoms with E-state index in [-0.39, 0.29) is 5.92 Å². The van der Waals surface area contributed by atoms with Gasteiger partial charge in [-0.3, -0.25) is 4.79 Å². The summed E-state index contributed by atoms with van der Waals surface area (Å²) in [4.78, 5) is 19.1. The van der Waals surface area contributed by atoms with Gasteiger partial charge in [-0.15, -0.1) is 0 Å². The number of hydrogen-bond donors (Lipinski definition) is 0. The highest BCUT2D eigenvalue weighted by molar-refractivity contribution is 5.79. The number of imidazole rings is 1. The third kappa shape index (κ3) is 2.28. The molecule has 1 aromatic heterocycles. The lowest BCUT2D eigenvalue weighted by atomic mass is 10.0. The van der Waals surface area contributed by atoms with Crippen LogP contribution in [0.25, 0.3) is 0 Å². The van der Waals surface area contributed by atoms with Crippen molar-refractivity contribution in [2.45, 2.75) is 58.5 Å². The van der Waals surface area contributed by atoms with Gasteiger partial charge in [0.25, 0.3) is 0 Å². The molecular weight excluding hydrogens is 238 g/mol. The van der Waals surface area contributed by atoms with Crippen LogP contribution < -0.4 is 0 Å². The van der Waals surface area contributed by atoms with Crippen LogP contribution in [0.5, 0.6) is 0 Å². The highest BCUT2D eigenvalue weighted by Crippen LogP contribution is 2.29. The van der Waals surface area contributed by atoms with Crippen LogP contribution >= 0.6 is 0 Å². The van der Waals surface area contributed by atoms with E-state index in [2.05, 4.69) is 28.3 Å². The Hall–Kier alpha value is -1.32. The topological polar surface area (TPSA) is 38.1 Å². The van der Waals surface area contributed by atoms with Crippen LogP contribution in [0.3, 0.4) is 0 Å². The van der Waals surface area contributed by atoms with E-state index in [9.17, 15) is 4.79 Å². The number of carbonyl (C=O) groups is 1. The lowest BCUT2D eigenvalue weighted by molar-refractivity contribution is -0.136. The van der Waals surface area contributed by atoms with Gasteiger partial charge in [0, 0.05) is 24.9 Å². The average Bonchev–Trinajstić information content (AvgIpc) is 3.06. The van der Waals surface area contributed by atoms with E-state index in [0.29, 0.717) is 11.9 Å². The Labute approximate surface area is 114 Å². The van der Waals surface area contributed by atoms with Gasteiger partial charge in [0.15, 0.2) is 0 Å². The third-order valence-corrected chi connectivity index (χ3v) is 4.51. The lowest BCUT2D eigenvalue weighted by Crippen LogP contribution is -2.39. The summed E-state index contributed by atoms with van der Waals surface area (Å²) in [6, 6.07) is 0.415. The highest BCUT2D eigenvalue weighted by atomic mass is 16.2. The van der Waals surface area contributed by atoms with Crippen LogP contribution in [-0.4, -0.2) is 26.9 Å². The molecule has 0 bridgehead atoms. The first kappa shape index (κ1) is 12.7. The van der Waals surface area contributed by atoms with Crippen molar-refractivity contribution in [3.63, 3.8) is 0 Å². The predicted octanol–water partition coefficient (Wildman–Crippen LogP) is 2.54. The molecule has 1 aliphatic heterocycles. The Kier molecular flexibility index (Phi) is 3.33. The molecule has 0 atom stereocenters. The molecule has 1 fully saturated rings. The minimum atomic E-state index is 0.289. The Morgan fingerprint density at radius 3 is 2.79 bits per heavy atom. The highest BCUT2D eigenvalue weighted by Gasteiger charge is 2.31. The van der Waals surface area contributed by atoms with Crippen LogP contribution in [0.1, 0.15) is 57.0 Å². The summed E-state index contributed by atoms with van der Waals surface area (Å²) in [5, 5.41) is 0. The lowest BCUT2D eigenvalue weighted by Gasteiger charge is -2.30. The molecular formula is C15H23N3O. The molecule has 2 aliphatic rings. The van der Waals surface area contributed by atoms with Crippen LogP contribution in [-0.2, 0) is 17.8 Å². The van der Waals surface area contributed by atoms with Crippen LogP contribution in [0.15, 0.2) is 6.33 Å². The van der Waals surface area contributed by atoms with Crippen molar-refractivity contribution < 1.29 is 4.79 Å². The molecule has 4 nitrogen and oxygen atoms in total. The summed E-state index contributed by atoms with van der Waals surface area (Å²) in [7, 11) is 0. The summed E-state index contributed by atoms with van der Waals surface area (Å²) >= 11 is 0. The average molecular weight is 261 g/mol. The molecule has 19 heavy (non-hydrogen) atoms. The van der Waals surface area contributed by atoms with E-state index in [1.807, 2.05) is 6.33 Å². The summed E-state index contributed by atoms with van der Waals surface area (Å²) in [6.45, 7) is 5.93. The number of aromatic nitrogens is 2. The van der Waals surface area contributed by atoms with Crippen molar-refractivity contribution in [3.8, 4) is 0 Å². The van der Waals surface area contributed by atoms with Crippen LogP contribution in [0.4, 0.5) is 0 Å². The van der Waals surface area contributed by atoms with E-state index < -0.39 is 0 Å². The standard InChI is InChI=1S/C15H23N3O/c1-11(2)18-10-16-13-7-8-17(9-14(13)18)15(19)12-5-3-4-6-12/h10-12H,3-9H2,1-2H3. The van der Waals surface area contributed by atoms with E-state index in [1.165, 1.54) is 24.2 Å². The molecule has 1 saturated carbocycles. The first-order valence-corrected chi connectivity index (χ1v) is 7.50. The van der Waals surface area contributed by atoms with Gasteiger partial charge in [0.1, 0.15) is 0 Å². The zero-order valence-electron chi connectivity index (χ0n) is 11.9. The number of carbonyl (C=O) groups excluding carboxylic acids is 1. The molecule has 3 rings (SSSR count). The van der Waals surface area contributed by atoms with E-state index in [0.717, 1.165) is 32.4 Å². The molecule has 1 aliphatic carbocycles. The molecule has 0 N–H and O–H groups in total. The second-order valence-electron chi connectivity index (χ2n) is 6.13. The third-order valence-electron chi connectivity index (χ3n) is 4.51. The van der Waals surface area contributed by atoms with Crippen molar-refractivity contribution in [1.29, 1.82) is 0 Å². The van der Waals surface area contributed by atoms with E-state index in [4.69, 9.17) is 0 Å². The Balaban J connectivity index is 1.77. The number of nitrogens with zero attached hydrogens (tertiary/aromatic N) is 3. The van der Waals surface area contributed by atoms with Gasteiger partial charge in [0.2, 0.25) is 5.91 Å². The van der Waals surface area contributed by atoms with Crippen molar-refractivity contribution in [1.82, 2.24) is 14.5 Å². The molecule has 0 radical (unpaired) electrons. The quantitative estimate of drug-likeness (QED) is 0.820. The largest absolute Gasteiger partial charge is 0.336 e. The second kappa shape index (κ2) is 4.99. The Bertz CT molecular complexity index is 472. The van der Waals surface area contributed by atoms with Gasteiger partial charge in [0.05, 0.1) is 24.3 Å². The van der Waals surface area contributed by atoms with Crippen LogP contribution in [0, 0.1) is 5.92 Å². The first-order valence-electron chi connectivity index (χ1n) is 7.50. The molecule has 0 spiro atoms. The maximum absolute atomic E-state index is 12.5. The number of rotatable bonds is 2.